The highest BCUT2D eigenvalue weighted by Crippen LogP contribution is 2.62. The Kier molecular flexibility index (Phi) is 6.06. The van der Waals surface area contributed by atoms with Crippen LogP contribution in [0.1, 0.15) is 22.3 Å². The minimum Gasteiger partial charge on any atom is -0.457 e. The summed E-state index contributed by atoms with van der Waals surface area (Å²) in [7, 11) is 0. The van der Waals surface area contributed by atoms with Gasteiger partial charge in [0.1, 0.15) is 23.1 Å². The van der Waals surface area contributed by atoms with Crippen molar-refractivity contribution in [3.63, 3.8) is 0 Å². The van der Waals surface area contributed by atoms with Gasteiger partial charge in [-0.2, -0.15) is 0 Å². The summed E-state index contributed by atoms with van der Waals surface area (Å²) in [6.07, 6.45) is 3.88. The molecule has 0 saturated carbocycles. The molecule has 6 aromatic carbocycles. The van der Waals surface area contributed by atoms with E-state index in [0.29, 0.717) is 0 Å². The van der Waals surface area contributed by atoms with Crippen molar-refractivity contribution < 1.29 is 4.74 Å². The van der Waals surface area contributed by atoms with Crippen LogP contribution in [0.25, 0.3) is 50.7 Å². The van der Waals surface area contributed by atoms with Crippen LogP contribution in [0.15, 0.2) is 176 Å². The SMILES string of the molecule is c1ccc(-c2cc(-c3ccccc3)nc(-n3ccnc3-c3ccc4c(c3)C3(c5ccccc5Oc5ccccc53)c3ccccc3-4)c2)cc1. The zero-order valence-electron chi connectivity index (χ0n) is 26.5. The number of pyridine rings is 1. The van der Waals surface area contributed by atoms with Gasteiger partial charge >= 0.3 is 0 Å². The highest BCUT2D eigenvalue weighted by atomic mass is 16.5. The van der Waals surface area contributed by atoms with Crippen molar-refractivity contribution >= 4 is 0 Å². The molecule has 8 aromatic rings. The molecule has 0 atom stereocenters. The van der Waals surface area contributed by atoms with Gasteiger partial charge in [0.05, 0.1) is 11.1 Å². The average molecular weight is 628 g/mol. The van der Waals surface area contributed by atoms with E-state index in [1.54, 1.807) is 0 Å². The zero-order valence-corrected chi connectivity index (χ0v) is 26.5. The lowest BCUT2D eigenvalue weighted by molar-refractivity contribution is 0.436. The van der Waals surface area contributed by atoms with Crippen LogP contribution in [0.3, 0.4) is 0 Å². The number of fused-ring (bicyclic) bond motifs is 9. The predicted molar refractivity (Wildman–Crippen MR) is 195 cm³/mol. The fraction of sp³-hybridized carbons (Fsp3) is 0.0222. The molecule has 0 fully saturated rings. The van der Waals surface area contributed by atoms with E-state index in [4.69, 9.17) is 14.7 Å². The van der Waals surface area contributed by atoms with Crippen molar-refractivity contribution in [2.75, 3.05) is 0 Å². The van der Waals surface area contributed by atoms with Gasteiger partial charge in [-0.3, -0.25) is 4.57 Å². The second kappa shape index (κ2) is 10.8. The van der Waals surface area contributed by atoms with Crippen LogP contribution in [0.4, 0.5) is 0 Å². The number of hydrogen-bond donors (Lipinski definition) is 0. The lowest BCUT2D eigenvalue weighted by Crippen LogP contribution is -2.32. The number of aromatic nitrogens is 3. The van der Waals surface area contributed by atoms with E-state index in [-0.39, 0.29) is 0 Å². The number of benzene rings is 6. The molecule has 2 aromatic heterocycles. The van der Waals surface area contributed by atoms with E-state index in [1.165, 1.54) is 22.3 Å². The maximum Gasteiger partial charge on any atom is 0.145 e. The molecule has 49 heavy (non-hydrogen) atoms. The van der Waals surface area contributed by atoms with Gasteiger partial charge in [-0.15, -0.1) is 0 Å². The monoisotopic (exact) mass is 627 g/mol. The molecule has 0 saturated heterocycles. The van der Waals surface area contributed by atoms with Crippen LogP contribution in [-0.2, 0) is 5.41 Å². The third-order valence-corrected chi connectivity index (χ3v) is 9.98. The second-order valence-corrected chi connectivity index (χ2v) is 12.6. The summed E-state index contributed by atoms with van der Waals surface area (Å²) < 4.78 is 8.66. The van der Waals surface area contributed by atoms with Crippen LogP contribution in [0.2, 0.25) is 0 Å². The molecule has 0 unspecified atom stereocenters. The first-order chi connectivity index (χ1) is 24.3. The van der Waals surface area contributed by atoms with Crippen molar-refractivity contribution in [3.8, 4) is 62.2 Å². The Balaban J connectivity index is 1.20. The number of hydrogen-bond acceptors (Lipinski definition) is 3. The zero-order chi connectivity index (χ0) is 32.4. The number of rotatable bonds is 4. The van der Waals surface area contributed by atoms with Gasteiger partial charge in [0, 0.05) is 34.6 Å². The Morgan fingerprint density at radius 1 is 0.469 bits per heavy atom. The summed E-state index contributed by atoms with van der Waals surface area (Å²) in [6, 6.07) is 57.7. The van der Waals surface area contributed by atoms with Gasteiger partial charge in [0.15, 0.2) is 0 Å². The molecule has 0 bridgehead atoms. The number of nitrogens with zero attached hydrogens (tertiary/aromatic N) is 3. The molecule has 1 aliphatic carbocycles. The van der Waals surface area contributed by atoms with E-state index < -0.39 is 5.41 Å². The largest absolute Gasteiger partial charge is 0.457 e. The van der Waals surface area contributed by atoms with Gasteiger partial charge in [-0.1, -0.05) is 133 Å². The van der Waals surface area contributed by atoms with Gasteiger partial charge in [-0.05, 0) is 63.7 Å². The van der Waals surface area contributed by atoms with Gasteiger partial charge in [0.25, 0.3) is 0 Å². The van der Waals surface area contributed by atoms with Crippen LogP contribution in [0.5, 0.6) is 11.5 Å². The smallest absolute Gasteiger partial charge is 0.145 e. The lowest BCUT2D eigenvalue weighted by atomic mass is 9.66. The molecule has 4 nitrogen and oxygen atoms in total. The van der Waals surface area contributed by atoms with Crippen LogP contribution in [-0.4, -0.2) is 14.5 Å². The second-order valence-electron chi connectivity index (χ2n) is 12.6. The molecule has 2 aliphatic rings. The van der Waals surface area contributed by atoms with Crippen molar-refractivity contribution in [1.29, 1.82) is 0 Å². The van der Waals surface area contributed by atoms with Crippen LogP contribution in [0, 0.1) is 0 Å². The quantitative estimate of drug-likeness (QED) is 0.195. The molecule has 3 heterocycles. The number of ether oxygens (including phenoxy) is 1. The predicted octanol–water partition coefficient (Wildman–Crippen LogP) is 10.7. The highest BCUT2D eigenvalue weighted by Gasteiger charge is 2.51. The molecular weight excluding hydrogens is 599 g/mol. The van der Waals surface area contributed by atoms with Crippen molar-refractivity contribution in [3.05, 3.63) is 198 Å². The number of para-hydroxylation sites is 2. The van der Waals surface area contributed by atoms with E-state index in [0.717, 1.165) is 62.2 Å². The standard InChI is InChI=1S/C45H29N3O/c1-3-13-30(14-4-1)33-28-40(31-15-5-2-6-16-31)47-43(29-33)48-26-25-46-44(48)32-23-24-35-34-17-7-8-18-36(34)45(39(35)27-32)37-19-9-11-21-41(37)49-42-22-12-10-20-38(42)45/h1-29H. The van der Waals surface area contributed by atoms with E-state index in [2.05, 4.69) is 156 Å². The van der Waals surface area contributed by atoms with E-state index >= 15 is 0 Å². The molecular formula is C45H29N3O. The Hall–Kier alpha value is -6.52. The van der Waals surface area contributed by atoms with Crippen molar-refractivity contribution in [2.45, 2.75) is 5.41 Å². The fourth-order valence-electron chi connectivity index (χ4n) is 7.89. The maximum atomic E-state index is 6.54. The van der Waals surface area contributed by atoms with Crippen LogP contribution < -0.4 is 4.74 Å². The summed E-state index contributed by atoms with van der Waals surface area (Å²) in [5.41, 5.74) is 11.9. The fourth-order valence-corrected chi connectivity index (χ4v) is 7.89. The third-order valence-electron chi connectivity index (χ3n) is 9.98. The topological polar surface area (TPSA) is 39.9 Å². The maximum absolute atomic E-state index is 6.54. The molecule has 230 valence electrons. The van der Waals surface area contributed by atoms with Gasteiger partial charge < -0.3 is 4.74 Å². The molecule has 4 heteroatoms. The molecule has 0 radical (unpaired) electrons. The molecule has 1 aliphatic heterocycles. The summed E-state index contributed by atoms with van der Waals surface area (Å²) in [5, 5.41) is 0. The molecule has 0 N–H and O–H groups in total. The number of imidazole rings is 1. The summed E-state index contributed by atoms with van der Waals surface area (Å²) >= 11 is 0. The van der Waals surface area contributed by atoms with Crippen LogP contribution >= 0.6 is 0 Å². The van der Waals surface area contributed by atoms with E-state index in [9.17, 15) is 0 Å². The normalized spacial score (nSPS) is 13.2. The Morgan fingerprint density at radius 2 is 1.08 bits per heavy atom. The Labute approximate surface area is 284 Å². The summed E-state index contributed by atoms with van der Waals surface area (Å²) in [4.78, 5) is 10.2. The minimum atomic E-state index is -0.545. The Bertz CT molecular complexity index is 2430. The summed E-state index contributed by atoms with van der Waals surface area (Å²) in [6.45, 7) is 0. The van der Waals surface area contributed by atoms with Gasteiger partial charge in [0.2, 0.25) is 0 Å². The molecule has 1 spiro atoms. The Morgan fingerprint density at radius 3 is 1.82 bits per heavy atom. The van der Waals surface area contributed by atoms with Crippen molar-refractivity contribution in [1.82, 2.24) is 14.5 Å². The molecule has 0 amide bonds. The first-order valence-corrected chi connectivity index (χ1v) is 16.6. The van der Waals surface area contributed by atoms with E-state index in [1.807, 2.05) is 24.5 Å². The first kappa shape index (κ1) is 27.6. The lowest BCUT2D eigenvalue weighted by Gasteiger charge is -2.39. The summed E-state index contributed by atoms with van der Waals surface area (Å²) in [5.74, 6) is 3.41. The average Bonchev–Trinajstić information content (AvgIpc) is 3.78. The molecule has 10 rings (SSSR count). The van der Waals surface area contributed by atoms with Crippen molar-refractivity contribution in [2.24, 2.45) is 0 Å². The highest BCUT2D eigenvalue weighted by molar-refractivity contribution is 5.90. The van der Waals surface area contributed by atoms with Gasteiger partial charge in [-0.25, -0.2) is 9.97 Å². The third kappa shape index (κ3) is 4.11. The minimum absolute atomic E-state index is 0.545. The first-order valence-electron chi connectivity index (χ1n) is 16.6.